The van der Waals surface area contributed by atoms with Crippen molar-refractivity contribution in [1.29, 1.82) is 0 Å². The lowest BCUT2D eigenvalue weighted by molar-refractivity contribution is 0.256. The lowest BCUT2D eigenvalue weighted by atomic mass is 10.2. The van der Waals surface area contributed by atoms with Crippen molar-refractivity contribution in [2.75, 3.05) is 32.4 Å². The van der Waals surface area contributed by atoms with Crippen LogP contribution in [0.1, 0.15) is 33.1 Å². The summed E-state index contributed by atoms with van der Waals surface area (Å²) >= 11 is 0. The first-order valence-corrected chi connectivity index (χ1v) is 8.51. The molecular formula is C12H27N3O2S. The molecule has 0 aromatic rings. The molecule has 2 unspecified atom stereocenters. The van der Waals surface area contributed by atoms with E-state index in [1.165, 1.54) is 0 Å². The van der Waals surface area contributed by atoms with Crippen molar-refractivity contribution in [3.63, 3.8) is 0 Å². The smallest absolute Gasteiger partial charge is 0.213 e. The molecule has 0 radical (unpaired) electrons. The Morgan fingerprint density at radius 3 is 2.78 bits per heavy atom. The fourth-order valence-corrected chi connectivity index (χ4v) is 3.47. The van der Waals surface area contributed by atoms with Gasteiger partial charge in [0.25, 0.3) is 0 Å². The summed E-state index contributed by atoms with van der Waals surface area (Å²) in [6.45, 7) is 6.48. The maximum Gasteiger partial charge on any atom is 0.213 e. The van der Waals surface area contributed by atoms with E-state index in [0.717, 1.165) is 32.4 Å². The van der Waals surface area contributed by atoms with E-state index < -0.39 is 10.0 Å². The zero-order chi connectivity index (χ0) is 13.6. The summed E-state index contributed by atoms with van der Waals surface area (Å²) in [5.74, 6) is 0.208. The third kappa shape index (κ3) is 5.65. The molecule has 1 aliphatic heterocycles. The minimum absolute atomic E-state index is 0.134. The first-order chi connectivity index (χ1) is 8.44. The van der Waals surface area contributed by atoms with Crippen molar-refractivity contribution in [3.8, 4) is 0 Å². The van der Waals surface area contributed by atoms with E-state index >= 15 is 0 Å². The van der Waals surface area contributed by atoms with Crippen LogP contribution in [0.2, 0.25) is 0 Å². The van der Waals surface area contributed by atoms with E-state index in [4.69, 9.17) is 0 Å². The molecule has 18 heavy (non-hydrogen) atoms. The summed E-state index contributed by atoms with van der Waals surface area (Å²) in [5, 5.41) is 3.21. The first kappa shape index (κ1) is 15.9. The molecule has 0 spiro atoms. The fourth-order valence-electron chi connectivity index (χ4n) is 2.13. The summed E-state index contributed by atoms with van der Waals surface area (Å²) in [6.07, 6.45) is 3.12. The minimum atomic E-state index is -3.13. The molecule has 108 valence electrons. The molecular weight excluding hydrogens is 250 g/mol. The van der Waals surface area contributed by atoms with E-state index in [1.54, 1.807) is 0 Å². The summed E-state index contributed by atoms with van der Waals surface area (Å²) in [6, 6.07) is 0.626. The minimum Gasteiger partial charge on any atom is -0.313 e. The van der Waals surface area contributed by atoms with Gasteiger partial charge >= 0.3 is 0 Å². The third-order valence-corrected chi connectivity index (χ3v) is 5.20. The molecule has 1 fully saturated rings. The maximum atomic E-state index is 11.8. The van der Waals surface area contributed by atoms with Crippen molar-refractivity contribution >= 4 is 10.0 Å². The van der Waals surface area contributed by atoms with Crippen LogP contribution in [0, 0.1) is 0 Å². The van der Waals surface area contributed by atoms with Crippen molar-refractivity contribution < 1.29 is 8.42 Å². The van der Waals surface area contributed by atoms with E-state index in [0.29, 0.717) is 12.6 Å². The molecule has 0 amide bonds. The van der Waals surface area contributed by atoms with E-state index in [9.17, 15) is 8.42 Å². The molecule has 2 atom stereocenters. The molecule has 2 N–H and O–H groups in total. The zero-order valence-corrected chi connectivity index (χ0v) is 12.6. The average molecular weight is 277 g/mol. The zero-order valence-electron chi connectivity index (χ0n) is 11.8. The Labute approximate surface area is 111 Å². The number of rotatable bonds is 8. The van der Waals surface area contributed by atoms with Gasteiger partial charge in [0, 0.05) is 25.2 Å². The summed E-state index contributed by atoms with van der Waals surface area (Å²) in [5.41, 5.74) is 0. The number of likely N-dealkylation sites (N-methyl/N-ethyl adjacent to an activating group) is 1. The first-order valence-electron chi connectivity index (χ1n) is 6.85. The Morgan fingerprint density at radius 1 is 1.50 bits per heavy atom. The molecule has 0 saturated carbocycles. The molecule has 5 nitrogen and oxygen atoms in total. The van der Waals surface area contributed by atoms with Gasteiger partial charge in [-0.05, 0) is 39.8 Å². The lowest BCUT2D eigenvalue weighted by Gasteiger charge is -2.23. The third-order valence-electron chi connectivity index (χ3n) is 3.71. The Bertz CT molecular complexity index is 326. The average Bonchev–Trinajstić information content (AvgIpc) is 2.79. The van der Waals surface area contributed by atoms with Crippen LogP contribution < -0.4 is 10.0 Å². The van der Waals surface area contributed by atoms with Crippen molar-refractivity contribution in [3.05, 3.63) is 0 Å². The summed E-state index contributed by atoms with van der Waals surface area (Å²) in [7, 11) is -1.10. The van der Waals surface area contributed by atoms with Crippen LogP contribution in [0.5, 0.6) is 0 Å². The SMILES string of the molecule is CCC(C)N(C)CCNS(=O)(=O)CC1CCCN1. The molecule has 1 saturated heterocycles. The van der Waals surface area contributed by atoms with E-state index in [-0.39, 0.29) is 11.8 Å². The topological polar surface area (TPSA) is 61.4 Å². The summed E-state index contributed by atoms with van der Waals surface area (Å²) in [4.78, 5) is 2.18. The highest BCUT2D eigenvalue weighted by Gasteiger charge is 2.21. The summed E-state index contributed by atoms with van der Waals surface area (Å²) < 4.78 is 26.4. The molecule has 0 aromatic heterocycles. The van der Waals surface area contributed by atoms with Gasteiger partial charge in [-0.1, -0.05) is 6.92 Å². The van der Waals surface area contributed by atoms with Gasteiger partial charge in [0.2, 0.25) is 10.0 Å². The second-order valence-electron chi connectivity index (χ2n) is 5.21. The number of nitrogens with one attached hydrogen (secondary N) is 2. The van der Waals surface area contributed by atoms with Crippen LogP contribution in [0.3, 0.4) is 0 Å². The molecule has 1 heterocycles. The van der Waals surface area contributed by atoms with Gasteiger partial charge in [-0.25, -0.2) is 13.1 Å². The van der Waals surface area contributed by atoms with Crippen LogP contribution in [0.15, 0.2) is 0 Å². The van der Waals surface area contributed by atoms with Gasteiger partial charge in [-0.3, -0.25) is 0 Å². The Hall–Kier alpha value is -0.170. The highest BCUT2D eigenvalue weighted by molar-refractivity contribution is 7.89. The highest BCUT2D eigenvalue weighted by Crippen LogP contribution is 2.06. The van der Waals surface area contributed by atoms with Crippen LogP contribution in [0.4, 0.5) is 0 Å². The largest absolute Gasteiger partial charge is 0.313 e. The van der Waals surface area contributed by atoms with Gasteiger partial charge in [0.05, 0.1) is 5.75 Å². The van der Waals surface area contributed by atoms with Gasteiger partial charge in [-0.2, -0.15) is 0 Å². The number of sulfonamides is 1. The number of nitrogens with zero attached hydrogens (tertiary/aromatic N) is 1. The normalized spacial score (nSPS) is 22.6. The quantitative estimate of drug-likeness (QED) is 0.674. The second-order valence-corrected chi connectivity index (χ2v) is 7.06. The predicted octanol–water partition coefficient (Wildman–Crippen LogP) is 0.388. The molecule has 6 heteroatoms. The fraction of sp³-hybridized carbons (Fsp3) is 1.00. The van der Waals surface area contributed by atoms with Gasteiger partial charge in [-0.15, -0.1) is 0 Å². The molecule has 0 bridgehead atoms. The molecule has 0 aromatic carbocycles. The number of hydrogen-bond acceptors (Lipinski definition) is 4. The van der Waals surface area contributed by atoms with Crippen LogP contribution in [-0.2, 0) is 10.0 Å². The Kier molecular flexibility index (Phi) is 6.55. The lowest BCUT2D eigenvalue weighted by Crippen LogP contribution is -2.41. The standard InChI is InChI=1S/C12H27N3O2S/c1-4-11(2)15(3)9-8-14-18(16,17)10-12-6-5-7-13-12/h11-14H,4-10H2,1-3H3. The maximum absolute atomic E-state index is 11.8. The van der Waals surface area contributed by atoms with Crippen molar-refractivity contribution in [2.45, 2.75) is 45.2 Å². The van der Waals surface area contributed by atoms with E-state index in [2.05, 4.69) is 28.8 Å². The predicted molar refractivity (Wildman–Crippen MR) is 75.2 cm³/mol. The van der Waals surface area contributed by atoms with Crippen LogP contribution in [0.25, 0.3) is 0 Å². The molecule has 1 rings (SSSR count). The van der Waals surface area contributed by atoms with Crippen LogP contribution in [-0.4, -0.2) is 57.8 Å². The molecule has 1 aliphatic rings. The highest BCUT2D eigenvalue weighted by atomic mass is 32.2. The number of hydrogen-bond donors (Lipinski definition) is 2. The monoisotopic (exact) mass is 277 g/mol. The van der Waals surface area contributed by atoms with Crippen molar-refractivity contribution in [2.24, 2.45) is 0 Å². The van der Waals surface area contributed by atoms with E-state index in [1.807, 2.05) is 7.05 Å². The Balaban J connectivity index is 2.24. The van der Waals surface area contributed by atoms with Gasteiger partial charge in [0.15, 0.2) is 0 Å². The van der Waals surface area contributed by atoms with Gasteiger partial charge < -0.3 is 10.2 Å². The Morgan fingerprint density at radius 2 is 2.22 bits per heavy atom. The van der Waals surface area contributed by atoms with Crippen LogP contribution >= 0.6 is 0 Å². The molecule has 0 aliphatic carbocycles. The van der Waals surface area contributed by atoms with Gasteiger partial charge in [0.1, 0.15) is 0 Å². The second kappa shape index (κ2) is 7.43. The van der Waals surface area contributed by atoms with Crippen molar-refractivity contribution in [1.82, 2.24) is 14.9 Å².